The van der Waals surface area contributed by atoms with Gasteiger partial charge in [0.25, 0.3) is 0 Å². The molecule has 2 aromatic rings. The molecule has 1 aliphatic rings. The van der Waals surface area contributed by atoms with Crippen LogP contribution in [-0.2, 0) is 0 Å². The van der Waals surface area contributed by atoms with Crippen LogP contribution >= 0.6 is 15.9 Å². The summed E-state index contributed by atoms with van der Waals surface area (Å²) in [6, 6.07) is 8.06. The minimum Gasteiger partial charge on any atom is -0.490 e. The van der Waals surface area contributed by atoms with E-state index in [0.29, 0.717) is 5.92 Å². The Hall–Kier alpha value is -1.13. The summed E-state index contributed by atoms with van der Waals surface area (Å²) < 4.78 is 7.19. The van der Waals surface area contributed by atoms with Crippen LogP contribution in [0, 0.1) is 5.92 Å². The van der Waals surface area contributed by atoms with E-state index in [0.717, 1.165) is 34.2 Å². The molecule has 19 heavy (non-hydrogen) atoms. The molecule has 2 atom stereocenters. The normalized spacial score (nSPS) is 20.6. The summed E-state index contributed by atoms with van der Waals surface area (Å²) in [6.07, 6.45) is 3.21. The second kappa shape index (κ2) is 5.47. The van der Waals surface area contributed by atoms with Crippen molar-refractivity contribution in [1.29, 1.82) is 0 Å². The van der Waals surface area contributed by atoms with E-state index < -0.39 is 0 Å². The van der Waals surface area contributed by atoms with Crippen molar-refractivity contribution in [3.05, 3.63) is 34.9 Å². The molecule has 2 heterocycles. The highest BCUT2D eigenvalue weighted by Crippen LogP contribution is 2.31. The number of rotatable bonds is 3. The quantitative estimate of drug-likeness (QED) is 0.941. The molecule has 0 bridgehead atoms. The van der Waals surface area contributed by atoms with Crippen molar-refractivity contribution in [3.63, 3.8) is 0 Å². The van der Waals surface area contributed by atoms with Gasteiger partial charge in [0, 0.05) is 28.5 Å². The number of ether oxygens (including phenoxy) is 1. The molecule has 3 rings (SSSR count). The highest BCUT2D eigenvalue weighted by atomic mass is 79.9. The van der Waals surface area contributed by atoms with Crippen molar-refractivity contribution in [2.75, 3.05) is 13.1 Å². The van der Waals surface area contributed by atoms with Gasteiger partial charge in [-0.25, -0.2) is 0 Å². The van der Waals surface area contributed by atoms with Gasteiger partial charge < -0.3 is 10.1 Å². The summed E-state index contributed by atoms with van der Waals surface area (Å²) in [6.45, 7) is 4.30. The van der Waals surface area contributed by atoms with Gasteiger partial charge in [-0.2, -0.15) is 0 Å². The molecule has 1 aromatic heterocycles. The highest BCUT2D eigenvalue weighted by Gasteiger charge is 2.23. The van der Waals surface area contributed by atoms with Crippen LogP contribution in [0.1, 0.15) is 13.3 Å². The SMILES string of the molecule is C[C@@H](Oc1cc(Br)cc2ncccc12)[C@@H]1CCNC1. The average molecular weight is 321 g/mol. The molecule has 4 heteroatoms. The monoisotopic (exact) mass is 320 g/mol. The number of nitrogens with zero attached hydrogens (tertiary/aromatic N) is 1. The molecule has 1 aliphatic heterocycles. The fraction of sp³-hybridized carbons (Fsp3) is 0.400. The molecule has 1 N–H and O–H groups in total. The molecule has 100 valence electrons. The van der Waals surface area contributed by atoms with E-state index in [2.05, 4.69) is 39.2 Å². The summed E-state index contributed by atoms with van der Waals surface area (Å²) in [7, 11) is 0. The number of nitrogens with one attached hydrogen (secondary N) is 1. The molecule has 1 aromatic carbocycles. The van der Waals surface area contributed by atoms with Gasteiger partial charge in [-0.15, -0.1) is 0 Å². The lowest BCUT2D eigenvalue weighted by Crippen LogP contribution is -2.25. The Morgan fingerprint density at radius 3 is 3.16 bits per heavy atom. The molecular weight excluding hydrogens is 304 g/mol. The molecule has 1 saturated heterocycles. The van der Waals surface area contributed by atoms with Gasteiger partial charge in [-0.05, 0) is 44.2 Å². The van der Waals surface area contributed by atoms with Crippen LogP contribution in [0.2, 0.25) is 0 Å². The van der Waals surface area contributed by atoms with E-state index in [9.17, 15) is 0 Å². The summed E-state index contributed by atoms with van der Waals surface area (Å²) >= 11 is 3.52. The fourth-order valence-corrected chi connectivity index (χ4v) is 3.01. The van der Waals surface area contributed by atoms with Crippen LogP contribution < -0.4 is 10.1 Å². The van der Waals surface area contributed by atoms with Gasteiger partial charge in [-0.3, -0.25) is 4.98 Å². The van der Waals surface area contributed by atoms with Crippen molar-refractivity contribution >= 4 is 26.8 Å². The largest absolute Gasteiger partial charge is 0.490 e. The predicted molar refractivity (Wildman–Crippen MR) is 80.5 cm³/mol. The second-order valence-corrected chi connectivity index (χ2v) is 5.97. The molecule has 0 radical (unpaired) electrons. The molecule has 0 amide bonds. The topological polar surface area (TPSA) is 34.1 Å². The van der Waals surface area contributed by atoms with Crippen LogP contribution in [0.5, 0.6) is 5.75 Å². The Morgan fingerprint density at radius 2 is 2.37 bits per heavy atom. The van der Waals surface area contributed by atoms with E-state index in [1.54, 1.807) is 0 Å². The zero-order chi connectivity index (χ0) is 13.2. The minimum absolute atomic E-state index is 0.215. The average Bonchev–Trinajstić information content (AvgIpc) is 2.92. The maximum Gasteiger partial charge on any atom is 0.130 e. The minimum atomic E-state index is 0.215. The summed E-state index contributed by atoms with van der Waals surface area (Å²) in [5.74, 6) is 1.50. The third-order valence-electron chi connectivity index (χ3n) is 3.72. The van der Waals surface area contributed by atoms with Crippen LogP contribution in [0.25, 0.3) is 10.9 Å². The maximum atomic E-state index is 6.18. The van der Waals surface area contributed by atoms with Gasteiger partial charge in [0.2, 0.25) is 0 Å². The number of aromatic nitrogens is 1. The first-order chi connectivity index (χ1) is 9.24. The molecule has 0 spiro atoms. The van der Waals surface area contributed by atoms with Crippen LogP contribution in [0.15, 0.2) is 34.9 Å². The van der Waals surface area contributed by atoms with Gasteiger partial charge in [0.1, 0.15) is 5.75 Å². The van der Waals surface area contributed by atoms with Crippen molar-refractivity contribution in [1.82, 2.24) is 10.3 Å². The lowest BCUT2D eigenvalue weighted by Gasteiger charge is -2.21. The van der Waals surface area contributed by atoms with E-state index in [1.165, 1.54) is 6.42 Å². The molecule has 0 aliphatic carbocycles. The standard InChI is InChI=1S/C15H17BrN2O/c1-10(11-4-6-17-9-11)19-15-8-12(16)7-14-13(15)3-2-5-18-14/h2-3,5,7-8,10-11,17H,4,6,9H2,1H3/t10-,11-/m1/s1. The van der Waals surface area contributed by atoms with Crippen LogP contribution in [0.4, 0.5) is 0 Å². The second-order valence-electron chi connectivity index (χ2n) is 5.05. The first kappa shape index (κ1) is 12.9. The number of fused-ring (bicyclic) bond motifs is 1. The van der Waals surface area contributed by atoms with Gasteiger partial charge in [0.15, 0.2) is 0 Å². The van der Waals surface area contributed by atoms with E-state index in [-0.39, 0.29) is 6.10 Å². The van der Waals surface area contributed by atoms with Crippen molar-refractivity contribution in [2.45, 2.75) is 19.4 Å². The Kier molecular flexibility index (Phi) is 3.71. The number of halogens is 1. The number of hydrogen-bond donors (Lipinski definition) is 1. The van der Waals surface area contributed by atoms with Crippen molar-refractivity contribution in [2.24, 2.45) is 5.92 Å². The predicted octanol–water partition coefficient (Wildman–Crippen LogP) is 3.37. The molecular formula is C15H17BrN2O. The third-order valence-corrected chi connectivity index (χ3v) is 4.18. The fourth-order valence-electron chi connectivity index (χ4n) is 2.59. The zero-order valence-corrected chi connectivity index (χ0v) is 12.5. The van der Waals surface area contributed by atoms with E-state index in [4.69, 9.17) is 4.74 Å². The molecule has 0 saturated carbocycles. The smallest absolute Gasteiger partial charge is 0.130 e. The lowest BCUT2D eigenvalue weighted by molar-refractivity contribution is 0.163. The third kappa shape index (κ3) is 2.74. The Bertz CT molecular complexity index is 581. The van der Waals surface area contributed by atoms with Crippen molar-refractivity contribution < 1.29 is 4.74 Å². The number of pyridine rings is 1. The van der Waals surface area contributed by atoms with Gasteiger partial charge >= 0.3 is 0 Å². The molecule has 0 unspecified atom stereocenters. The summed E-state index contributed by atoms with van der Waals surface area (Å²) in [4.78, 5) is 4.39. The first-order valence-corrected chi connectivity index (χ1v) is 7.45. The number of benzene rings is 1. The van der Waals surface area contributed by atoms with Crippen LogP contribution in [-0.4, -0.2) is 24.2 Å². The zero-order valence-electron chi connectivity index (χ0n) is 10.9. The van der Waals surface area contributed by atoms with Crippen molar-refractivity contribution in [3.8, 4) is 5.75 Å². The first-order valence-electron chi connectivity index (χ1n) is 6.65. The van der Waals surface area contributed by atoms with E-state index in [1.807, 2.05) is 24.4 Å². The summed E-state index contributed by atoms with van der Waals surface area (Å²) in [5.41, 5.74) is 0.962. The highest BCUT2D eigenvalue weighted by molar-refractivity contribution is 9.10. The Labute approximate surface area is 121 Å². The maximum absolute atomic E-state index is 6.18. The van der Waals surface area contributed by atoms with Crippen LogP contribution in [0.3, 0.4) is 0 Å². The molecule has 1 fully saturated rings. The summed E-state index contributed by atoms with van der Waals surface area (Å²) in [5, 5.41) is 4.46. The van der Waals surface area contributed by atoms with Gasteiger partial charge in [0.05, 0.1) is 11.6 Å². The van der Waals surface area contributed by atoms with E-state index >= 15 is 0 Å². The Balaban J connectivity index is 1.91. The lowest BCUT2D eigenvalue weighted by atomic mass is 10.0. The molecule has 3 nitrogen and oxygen atoms in total. The van der Waals surface area contributed by atoms with Gasteiger partial charge in [-0.1, -0.05) is 15.9 Å². The Morgan fingerprint density at radius 1 is 1.47 bits per heavy atom. The number of hydrogen-bond acceptors (Lipinski definition) is 3.